The van der Waals surface area contributed by atoms with Crippen LogP contribution >= 0.6 is 0 Å². The number of oxime groups is 1. The molecule has 0 radical (unpaired) electrons. The molecular formula is C22H25N3O2. The van der Waals surface area contributed by atoms with Gasteiger partial charge in [-0.25, -0.2) is 0 Å². The van der Waals surface area contributed by atoms with Crippen LogP contribution in [0.2, 0.25) is 0 Å². The van der Waals surface area contributed by atoms with Crippen molar-refractivity contribution in [3.05, 3.63) is 60.2 Å². The molecular weight excluding hydrogens is 338 g/mol. The van der Waals surface area contributed by atoms with Crippen molar-refractivity contribution in [3.8, 4) is 0 Å². The number of amides is 1. The minimum absolute atomic E-state index is 0.183. The highest BCUT2D eigenvalue weighted by molar-refractivity contribution is 6.43. The van der Waals surface area contributed by atoms with Gasteiger partial charge >= 0.3 is 0 Å². The monoisotopic (exact) mass is 363 g/mol. The summed E-state index contributed by atoms with van der Waals surface area (Å²) in [5, 5.41) is 6.92. The Kier molecular flexibility index (Phi) is 5.37. The quantitative estimate of drug-likeness (QED) is 0.869. The number of hydrogen-bond donors (Lipinski definition) is 1. The molecule has 1 fully saturated rings. The van der Waals surface area contributed by atoms with Gasteiger partial charge in [0.1, 0.15) is 5.71 Å². The van der Waals surface area contributed by atoms with E-state index in [1.807, 2.05) is 42.5 Å². The molecule has 1 N–H and O–H groups in total. The molecule has 4 rings (SSSR count). The number of anilines is 2. The van der Waals surface area contributed by atoms with Crippen LogP contribution in [0.15, 0.2) is 59.8 Å². The molecule has 0 aliphatic carbocycles. The van der Waals surface area contributed by atoms with Crippen LogP contribution < -0.4 is 10.2 Å². The molecule has 5 heteroatoms. The zero-order valence-corrected chi connectivity index (χ0v) is 15.4. The third kappa shape index (κ3) is 4.30. The molecule has 0 bridgehead atoms. The van der Waals surface area contributed by atoms with Gasteiger partial charge in [-0.3, -0.25) is 4.79 Å². The van der Waals surface area contributed by atoms with Crippen molar-refractivity contribution in [1.82, 2.24) is 0 Å². The smallest absolute Gasteiger partial charge is 0.273 e. The second kappa shape index (κ2) is 8.25. The zero-order valence-electron chi connectivity index (χ0n) is 15.4. The van der Waals surface area contributed by atoms with E-state index in [4.69, 9.17) is 4.84 Å². The molecule has 1 amide bonds. The minimum atomic E-state index is -0.198. The van der Waals surface area contributed by atoms with Gasteiger partial charge in [-0.1, -0.05) is 48.3 Å². The van der Waals surface area contributed by atoms with Crippen LogP contribution in [0.5, 0.6) is 0 Å². The van der Waals surface area contributed by atoms with Crippen LogP contribution in [0.1, 0.15) is 43.8 Å². The summed E-state index contributed by atoms with van der Waals surface area (Å²) in [6.07, 6.45) is 5.44. The summed E-state index contributed by atoms with van der Waals surface area (Å²) >= 11 is 0. The SMILES string of the molecule is O=C(Nc1ccc(N2CCCCCC2)cc1)C1=NO[C@@H](c2ccccc2)C1. The molecule has 140 valence electrons. The van der Waals surface area contributed by atoms with Crippen molar-refractivity contribution in [2.24, 2.45) is 5.16 Å². The highest BCUT2D eigenvalue weighted by Gasteiger charge is 2.27. The van der Waals surface area contributed by atoms with E-state index in [1.165, 1.54) is 31.4 Å². The van der Waals surface area contributed by atoms with E-state index >= 15 is 0 Å². The van der Waals surface area contributed by atoms with E-state index in [2.05, 4.69) is 27.5 Å². The molecule has 0 unspecified atom stereocenters. The van der Waals surface area contributed by atoms with E-state index in [0.717, 1.165) is 24.3 Å². The Morgan fingerprint density at radius 3 is 2.37 bits per heavy atom. The Bertz CT molecular complexity index is 794. The molecule has 5 nitrogen and oxygen atoms in total. The third-order valence-corrected chi connectivity index (χ3v) is 5.20. The van der Waals surface area contributed by atoms with Gasteiger partial charge in [0.25, 0.3) is 5.91 Å². The number of nitrogens with zero attached hydrogens (tertiary/aromatic N) is 2. The minimum Gasteiger partial charge on any atom is -0.387 e. The molecule has 0 saturated carbocycles. The van der Waals surface area contributed by atoms with E-state index in [1.54, 1.807) is 0 Å². The average Bonchev–Trinajstić information content (AvgIpc) is 3.06. The van der Waals surface area contributed by atoms with Crippen molar-refractivity contribution in [1.29, 1.82) is 0 Å². The lowest BCUT2D eigenvalue weighted by molar-refractivity contribution is -0.110. The number of carbonyl (C=O) groups excluding carboxylic acids is 1. The van der Waals surface area contributed by atoms with Crippen LogP contribution in [0, 0.1) is 0 Å². The van der Waals surface area contributed by atoms with Crippen molar-refractivity contribution < 1.29 is 9.63 Å². The molecule has 2 aliphatic heterocycles. The highest BCUT2D eigenvalue weighted by Crippen LogP contribution is 2.27. The summed E-state index contributed by atoms with van der Waals surface area (Å²) in [6, 6.07) is 18.0. The van der Waals surface area contributed by atoms with Crippen LogP contribution in [-0.4, -0.2) is 24.7 Å². The molecule has 2 aromatic rings. The van der Waals surface area contributed by atoms with E-state index in [9.17, 15) is 4.79 Å². The Labute approximate surface area is 160 Å². The van der Waals surface area contributed by atoms with Crippen LogP contribution in [-0.2, 0) is 9.63 Å². The largest absolute Gasteiger partial charge is 0.387 e. The Morgan fingerprint density at radius 1 is 0.963 bits per heavy atom. The third-order valence-electron chi connectivity index (χ3n) is 5.20. The maximum absolute atomic E-state index is 12.5. The van der Waals surface area contributed by atoms with Crippen LogP contribution in [0.25, 0.3) is 0 Å². The van der Waals surface area contributed by atoms with Crippen molar-refractivity contribution in [2.75, 3.05) is 23.3 Å². The number of benzene rings is 2. The first-order chi connectivity index (χ1) is 13.3. The number of hydrogen-bond acceptors (Lipinski definition) is 4. The normalized spacial score (nSPS) is 19.8. The van der Waals surface area contributed by atoms with E-state index in [-0.39, 0.29) is 12.0 Å². The van der Waals surface area contributed by atoms with Crippen LogP contribution in [0.3, 0.4) is 0 Å². The Balaban J connectivity index is 1.34. The topological polar surface area (TPSA) is 53.9 Å². The van der Waals surface area contributed by atoms with Gasteiger partial charge in [0.15, 0.2) is 6.10 Å². The first-order valence-electron chi connectivity index (χ1n) is 9.73. The summed E-state index contributed by atoms with van der Waals surface area (Å²) in [4.78, 5) is 20.4. The van der Waals surface area contributed by atoms with Gasteiger partial charge in [0.2, 0.25) is 0 Å². The van der Waals surface area contributed by atoms with Gasteiger partial charge in [-0.15, -0.1) is 0 Å². The molecule has 1 atom stereocenters. The second-order valence-corrected chi connectivity index (χ2v) is 7.15. The molecule has 0 spiro atoms. The highest BCUT2D eigenvalue weighted by atomic mass is 16.6. The standard InChI is InChI=1S/C22H25N3O2/c26-22(20-16-21(27-24-20)17-8-4-3-5-9-17)23-18-10-12-19(13-11-18)25-14-6-1-2-7-15-25/h3-5,8-13,21H,1-2,6-7,14-16H2,(H,23,26)/t21-/m1/s1. The van der Waals surface area contributed by atoms with E-state index < -0.39 is 0 Å². The number of carbonyl (C=O) groups is 1. The lowest BCUT2D eigenvalue weighted by atomic mass is 10.0. The Hall–Kier alpha value is -2.82. The predicted octanol–water partition coefficient (Wildman–Crippen LogP) is 4.52. The predicted molar refractivity (Wildman–Crippen MR) is 108 cm³/mol. The lowest BCUT2D eigenvalue weighted by Gasteiger charge is -2.22. The summed E-state index contributed by atoms with van der Waals surface area (Å²) in [5.74, 6) is -0.198. The van der Waals surface area contributed by atoms with Crippen molar-refractivity contribution in [2.45, 2.75) is 38.2 Å². The van der Waals surface area contributed by atoms with Crippen molar-refractivity contribution >= 4 is 23.0 Å². The second-order valence-electron chi connectivity index (χ2n) is 7.15. The maximum atomic E-state index is 12.5. The summed E-state index contributed by atoms with van der Waals surface area (Å²) in [5.41, 5.74) is 3.47. The van der Waals surface area contributed by atoms with Gasteiger partial charge in [-0.2, -0.15) is 0 Å². The Morgan fingerprint density at radius 2 is 1.67 bits per heavy atom. The van der Waals surface area contributed by atoms with Crippen LogP contribution in [0.4, 0.5) is 11.4 Å². The van der Waals surface area contributed by atoms with Gasteiger partial charge in [0.05, 0.1) is 0 Å². The summed E-state index contributed by atoms with van der Waals surface area (Å²) in [6.45, 7) is 2.22. The average molecular weight is 363 g/mol. The van der Waals surface area contributed by atoms with Gasteiger partial charge in [0, 0.05) is 30.9 Å². The fourth-order valence-electron chi connectivity index (χ4n) is 3.65. The molecule has 2 aromatic carbocycles. The van der Waals surface area contributed by atoms with Crippen molar-refractivity contribution in [3.63, 3.8) is 0 Å². The summed E-state index contributed by atoms with van der Waals surface area (Å²) < 4.78 is 0. The molecule has 2 aliphatic rings. The molecule has 1 saturated heterocycles. The molecule has 0 aromatic heterocycles. The molecule has 2 heterocycles. The number of nitrogens with one attached hydrogen (secondary N) is 1. The van der Waals surface area contributed by atoms with Gasteiger partial charge < -0.3 is 15.1 Å². The number of rotatable bonds is 4. The zero-order chi connectivity index (χ0) is 18.5. The maximum Gasteiger partial charge on any atom is 0.273 e. The molecule has 27 heavy (non-hydrogen) atoms. The fraction of sp³-hybridized carbons (Fsp3) is 0.364. The lowest BCUT2D eigenvalue weighted by Crippen LogP contribution is -2.24. The summed E-state index contributed by atoms with van der Waals surface area (Å²) in [7, 11) is 0. The van der Waals surface area contributed by atoms with E-state index in [0.29, 0.717) is 12.1 Å². The first-order valence-corrected chi connectivity index (χ1v) is 9.73. The first kappa shape index (κ1) is 17.6. The van der Waals surface area contributed by atoms with Gasteiger partial charge in [-0.05, 0) is 42.7 Å². The fourth-order valence-corrected chi connectivity index (χ4v) is 3.65.